The summed E-state index contributed by atoms with van der Waals surface area (Å²) in [5, 5.41) is 15.4. The Morgan fingerprint density at radius 2 is 0.942 bits per heavy atom. The Labute approximate surface area is 406 Å². The Hall–Kier alpha value is -7.94. The molecule has 2 unspecified atom stereocenters. The molecule has 0 amide bonds. The van der Waals surface area contributed by atoms with Gasteiger partial charge in [-0.05, 0) is 70.9 Å². The van der Waals surface area contributed by atoms with Crippen molar-refractivity contribution >= 4 is 116 Å². The Morgan fingerprint density at radius 1 is 0.435 bits per heavy atom. The van der Waals surface area contributed by atoms with E-state index in [1.165, 1.54) is 87.6 Å². The number of pyridine rings is 1. The Kier molecular flexibility index (Phi) is 9.05. The van der Waals surface area contributed by atoms with Gasteiger partial charge >= 0.3 is 0 Å². The van der Waals surface area contributed by atoms with Crippen molar-refractivity contribution in [3.8, 4) is 11.1 Å². The second-order valence-electron chi connectivity index (χ2n) is 18.5. The van der Waals surface area contributed by atoms with Gasteiger partial charge in [0, 0.05) is 56.4 Å². The van der Waals surface area contributed by atoms with Crippen LogP contribution in [0.25, 0.3) is 87.7 Å². The van der Waals surface area contributed by atoms with E-state index in [1.54, 1.807) is 0 Å². The molecular formula is C65H43N2PS. The maximum Gasteiger partial charge on any atom is 0.0805 e. The third-order valence-corrected chi connectivity index (χ3v) is 19.9. The van der Waals surface area contributed by atoms with Crippen molar-refractivity contribution in [2.75, 3.05) is 11.9 Å². The summed E-state index contributed by atoms with van der Waals surface area (Å²) in [5.74, 6) is 0. The monoisotopic (exact) mass is 914 g/mol. The maximum atomic E-state index is 7.29. The largest absolute Gasteiger partial charge is 0.362 e. The Bertz CT molecular complexity index is 4140. The summed E-state index contributed by atoms with van der Waals surface area (Å²) in [6, 6.07) is 79.9. The lowest BCUT2D eigenvalue weighted by atomic mass is 9.77. The number of fused-ring (bicyclic) bond motifs is 13. The van der Waals surface area contributed by atoms with Crippen molar-refractivity contribution < 1.29 is 0 Å². The van der Waals surface area contributed by atoms with Crippen molar-refractivity contribution in [3.05, 3.63) is 258 Å². The van der Waals surface area contributed by atoms with Crippen molar-refractivity contribution in [1.82, 2.24) is 4.98 Å². The third-order valence-electron chi connectivity index (χ3n) is 14.9. The van der Waals surface area contributed by atoms with Crippen LogP contribution in [-0.4, -0.2) is 12.0 Å². The van der Waals surface area contributed by atoms with Crippen LogP contribution in [0.3, 0.4) is 0 Å². The number of rotatable bonds is 5. The molecule has 0 saturated carbocycles. The van der Waals surface area contributed by atoms with Crippen LogP contribution in [-0.2, 0) is 11.8 Å². The molecule has 1 aliphatic heterocycles. The molecular weight excluding hydrogens is 872 g/mol. The highest BCUT2D eigenvalue weighted by Crippen LogP contribution is 2.53. The van der Waals surface area contributed by atoms with Gasteiger partial charge in [-0.2, -0.15) is 0 Å². The van der Waals surface area contributed by atoms with Gasteiger partial charge in [0.25, 0.3) is 0 Å². The quantitative estimate of drug-likeness (QED) is 0.0972. The molecule has 0 fully saturated rings. The van der Waals surface area contributed by atoms with Crippen molar-refractivity contribution in [2.45, 2.75) is 6.04 Å². The SMILES string of the molecule is CN1c2c(ccc3ccccc23)C(c2ccc(P(=S)(c3ccc(-c4c5ccc6ccccc6c5nc5c4ccc4ccccc45)cc3)c3cccc4ccccc34)cc2)=C2C=Cc3ccccc3C21. The van der Waals surface area contributed by atoms with E-state index in [-0.39, 0.29) is 6.04 Å². The first-order valence-corrected chi connectivity index (χ1v) is 26.5. The first-order chi connectivity index (χ1) is 34.0. The van der Waals surface area contributed by atoms with Gasteiger partial charge in [0.15, 0.2) is 0 Å². The lowest BCUT2D eigenvalue weighted by molar-refractivity contribution is 0.770. The Morgan fingerprint density at radius 3 is 1.59 bits per heavy atom. The third kappa shape index (κ3) is 6.04. The zero-order chi connectivity index (χ0) is 45.8. The van der Waals surface area contributed by atoms with Gasteiger partial charge in [-0.15, -0.1) is 0 Å². The molecule has 14 rings (SSSR count). The van der Waals surface area contributed by atoms with Gasteiger partial charge in [-0.25, -0.2) is 4.98 Å². The molecule has 1 aromatic heterocycles. The van der Waals surface area contributed by atoms with E-state index in [0.717, 1.165) is 43.4 Å². The maximum absolute atomic E-state index is 7.29. The summed E-state index contributed by atoms with van der Waals surface area (Å²) in [7, 11) is 2.26. The predicted molar refractivity (Wildman–Crippen MR) is 300 cm³/mol. The van der Waals surface area contributed by atoms with E-state index in [1.807, 2.05) is 0 Å². The molecule has 0 bridgehead atoms. The van der Waals surface area contributed by atoms with Crippen LogP contribution in [0, 0.1) is 0 Å². The molecule has 0 radical (unpaired) electrons. The van der Waals surface area contributed by atoms with Crippen LogP contribution in [0.4, 0.5) is 5.69 Å². The van der Waals surface area contributed by atoms with Gasteiger partial charge in [0.2, 0.25) is 0 Å². The van der Waals surface area contributed by atoms with E-state index in [2.05, 4.69) is 249 Å². The normalized spacial score (nSPS) is 15.2. The van der Waals surface area contributed by atoms with E-state index in [0.29, 0.717) is 0 Å². The van der Waals surface area contributed by atoms with Crippen LogP contribution in [0.2, 0.25) is 0 Å². The number of benzene rings is 11. The molecule has 4 heteroatoms. The summed E-state index contributed by atoms with van der Waals surface area (Å²) in [6.07, 6.45) is 4.65. The zero-order valence-corrected chi connectivity index (χ0v) is 39.6. The minimum atomic E-state index is -2.65. The summed E-state index contributed by atoms with van der Waals surface area (Å²) >= 11 is 7.29. The highest BCUT2D eigenvalue weighted by Gasteiger charge is 2.36. The highest BCUT2D eigenvalue weighted by molar-refractivity contribution is 8.25. The van der Waals surface area contributed by atoms with Gasteiger partial charge in [-0.1, -0.05) is 248 Å². The van der Waals surface area contributed by atoms with Crippen molar-refractivity contribution in [2.24, 2.45) is 0 Å². The second kappa shape index (κ2) is 15.6. The average molecular weight is 915 g/mol. The minimum absolute atomic E-state index is 0.0750. The molecule has 2 atom stereocenters. The van der Waals surface area contributed by atoms with Crippen LogP contribution in [0.1, 0.15) is 28.3 Å². The molecule has 0 N–H and O–H groups in total. The van der Waals surface area contributed by atoms with Gasteiger partial charge in [0.1, 0.15) is 0 Å². The fraction of sp³-hybridized carbons (Fsp3) is 0.0308. The standard InChI is InChI=1S/C65H43N2PS/c1-67-64-53-22-10-5-16-44(53)31-39-57(64)61(58-40-32-45-17-6-11-23-54(45)65(58)67)47-27-35-49(36-28-47)68(69,59-24-12-18-41-13-2-7-19-50(41)59)48-33-25-46(26-34-48)60-55-37-29-42-14-3-8-20-51(42)62(55)66-63-52-21-9-4-15-43(52)30-38-56(60)63/h2-40,64H,1H3. The molecule has 2 aliphatic rings. The van der Waals surface area contributed by atoms with Crippen LogP contribution >= 0.6 is 6.04 Å². The first kappa shape index (κ1) is 40.2. The minimum Gasteiger partial charge on any atom is -0.362 e. The predicted octanol–water partition coefficient (Wildman–Crippen LogP) is 15.4. The first-order valence-electron chi connectivity index (χ1n) is 23.7. The van der Waals surface area contributed by atoms with Crippen LogP contribution in [0.5, 0.6) is 0 Å². The Balaban J connectivity index is 0.961. The summed E-state index contributed by atoms with van der Waals surface area (Å²) in [4.78, 5) is 7.97. The molecule has 12 aromatic rings. The summed E-state index contributed by atoms with van der Waals surface area (Å²) in [5.41, 5.74) is 13.3. The lowest BCUT2D eigenvalue weighted by Gasteiger charge is -2.41. The fourth-order valence-corrected chi connectivity index (χ4v) is 15.8. The van der Waals surface area contributed by atoms with E-state index in [9.17, 15) is 0 Å². The summed E-state index contributed by atoms with van der Waals surface area (Å²) in [6.45, 7) is 0. The smallest absolute Gasteiger partial charge is 0.0805 e. The molecule has 2 heterocycles. The van der Waals surface area contributed by atoms with E-state index >= 15 is 0 Å². The molecule has 0 saturated heterocycles. The lowest BCUT2D eigenvalue weighted by Crippen LogP contribution is -2.32. The van der Waals surface area contributed by atoms with Crippen LogP contribution in [0.15, 0.2) is 236 Å². The molecule has 69 heavy (non-hydrogen) atoms. The van der Waals surface area contributed by atoms with Crippen molar-refractivity contribution in [3.63, 3.8) is 0 Å². The zero-order valence-electron chi connectivity index (χ0n) is 37.8. The number of nitrogens with zero attached hydrogens (tertiary/aromatic N) is 2. The number of aromatic nitrogens is 1. The molecule has 324 valence electrons. The molecule has 2 nitrogen and oxygen atoms in total. The average Bonchev–Trinajstić information content (AvgIpc) is 3.42. The number of hydrogen-bond donors (Lipinski definition) is 0. The number of likely N-dealkylation sites (N-methyl/N-ethyl adjacent to an activating group) is 1. The fourth-order valence-electron chi connectivity index (χ4n) is 11.7. The highest BCUT2D eigenvalue weighted by atomic mass is 32.4. The second-order valence-corrected chi connectivity index (χ2v) is 22.9. The van der Waals surface area contributed by atoms with Gasteiger partial charge in [-0.3, -0.25) is 0 Å². The molecule has 0 spiro atoms. The number of hydrogen-bond acceptors (Lipinski definition) is 3. The van der Waals surface area contributed by atoms with E-state index < -0.39 is 6.04 Å². The molecule has 11 aromatic carbocycles. The number of anilines is 1. The van der Waals surface area contributed by atoms with E-state index in [4.69, 9.17) is 16.8 Å². The van der Waals surface area contributed by atoms with Gasteiger partial charge < -0.3 is 4.90 Å². The topological polar surface area (TPSA) is 16.1 Å². The van der Waals surface area contributed by atoms with Crippen LogP contribution < -0.4 is 20.8 Å². The van der Waals surface area contributed by atoms with Crippen molar-refractivity contribution in [1.29, 1.82) is 0 Å². The molecule has 1 aliphatic carbocycles. The van der Waals surface area contributed by atoms with Gasteiger partial charge in [0.05, 0.1) is 22.8 Å². The summed E-state index contributed by atoms with van der Waals surface area (Å²) < 4.78 is 0.